The van der Waals surface area contributed by atoms with Crippen LogP contribution in [-0.4, -0.2) is 68.2 Å². The van der Waals surface area contributed by atoms with Crippen LogP contribution in [0.4, 0.5) is 5.82 Å². The Balaban J connectivity index is 1.89. The first-order valence-electron chi connectivity index (χ1n) is 12.2. The number of rotatable bonds is 7. The van der Waals surface area contributed by atoms with Gasteiger partial charge in [0.15, 0.2) is 0 Å². The number of aryl methyl sites for hydroxylation is 1. The molecule has 2 saturated heterocycles. The summed E-state index contributed by atoms with van der Waals surface area (Å²) in [6.45, 7) is 8.25. The van der Waals surface area contributed by atoms with Crippen molar-refractivity contribution in [2.45, 2.75) is 52.6 Å². The van der Waals surface area contributed by atoms with Gasteiger partial charge in [-0.05, 0) is 44.9 Å². The summed E-state index contributed by atoms with van der Waals surface area (Å²) in [6, 6.07) is 2.55. The number of anilines is 1. The fourth-order valence-corrected chi connectivity index (χ4v) is 5.76. The van der Waals surface area contributed by atoms with Crippen molar-refractivity contribution in [3.05, 3.63) is 44.7 Å². The van der Waals surface area contributed by atoms with Crippen molar-refractivity contribution in [1.82, 2.24) is 19.6 Å². The number of hydrogen-bond donors (Lipinski definition) is 1. The first-order chi connectivity index (χ1) is 17.7. The van der Waals surface area contributed by atoms with Gasteiger partial charge in [0, 0.05) is 25.3 Å². The summed E-state index contributed by atoms with van der Waals surface area (Å²) in [6.07, 6.45) is 3.71. The van der Waals surface area contributed by atoms with Crippen LogP contribution < -0.4 is 15.8 Å². The monoisotopic (exact) mass is 543 g/mol. The maximum atomic E-state index is 13.8. The molecular formula is C25H29N5O5S2. The molecule has 196 valence electrons. The molecule has 0 aromatic carbocycles. The maximum absolute atomic E-state index is 13.8. The van der Waals surface area contributed by atoms with Gasteiger partial charge in [0.2, 0.25) is 5.91 Å². The van der Waals surface area contributed by atoms with E-state index in [4.69, 9.17) is 21.9 Å². The van der Waals surface area contributed by atoms with Crippen molar-refractivity contribution in [2.75, 3.05) is 24.6 Å². The number of nitrogens with zero attached hydrogens (tertiary/aromatic N) is 4. The topological polar surface area (TPSA) is 113 Å². The van der Waals surface area contributed by atoms with E-state index in [1.54, 1.807) is 29.0 Å². The second kappa shape index (κ2) is 11.0. The lowest BCUT2D eigenvalue weighted by Crippen LogP contribution is -2.57. The number of amides is 2. The van der Waals surface area contributed by atoms with Gasteiger partial charge in [0.1, 0.15) is 21.8 Å². The number of piperazine rings is 1. The molecule has 0 radical (unpaired) electrons. The van der Waals surface area contributed by atoms with Crippen LogP contribution >= 0.6 is 24.0 Å². The van der Waals surface area contributed by atoms with Crippen LogP contribution in [-0.2, 0) is 19.1 Å². The molecule has 10 nitrogen and oxygen atoms in total. The molecular weight excluding hydrogens is 514 g/mol. The average molecular weight is 544 g/mol. The lowest BCUT2D eigenvalue weighted by Gasteiger charge is -2.36. The van der Waals surface area contributed by atoms with Crippen molar-refractivity contribution in [3.8, 4) is 0 Å². The minimum absolute atomic E-state index is 0.0869. The molecule has 2 atom stereocenters. The summed E-state index contributed by atoms with van der Waals surface area (Å²) in [4.78, 5) is 60.5. The number of esters is 1. The first kappa shape index (κ1) is 26.8. The van der Waals surface area contributed by atoms with E-state index in [1.807, 2.05) is 26.8 Å². The number of fused-ring (bicyclic) bond motifs is 1. The highest BCUT2D eigenvalue weighted by Gasteiger charge is 2.37. The average Bonchev–Trinajstić information content (AvgIpc) is 3.14. The molecule has 2 unspecified atom stereocenters. The summed E-state index contributed by atoms with van der Waals surface area (Å²) >= 11 is 6.59. The SMILES string of the molecule is CCOC(=O)CC1C(=O)NCCN1c1nc2ccc(C)cn2c(=O)c1/C=C1\SC(=S)N(C(C)CC)C1=O. The van der Waals surface area contributed by atoms with Crippen LogP contribution in [0.5, 0.6) is 0 Å². The Morgan fingerprint density at radius 2 is 2.08 bits per heavy atom. The third kappa shape index (κ3) is 5.26. The highest BCUT2D eigenvalue weighted by atomic mass is 32.2. The van der Waals surface area contributed by atoms with Gasteiger partial charge in [-0.1, -0.05) is 37.0 Å². The molecule has 2 aliphatic heterocycles. The Hall–Kier alpha value is -3.25. The fourth-order valence-electron chi connectivity index (χ4n) is 4.31. The zero-order valence-corrected chi connectivity index (χ0v) is 22.8. The van der Waals surface area contributed by atoms with E-state index in [0.29, 0.717) is 28.0 Å². The lowest BCUT2D eigenvalue weighted by atomic mass is 10.1. The van der Waals surface area contributed by atoms with E-state index in [2.05, 4.69) is 5.32 Å². The van der Waals surface area contributed by atoms with Crippen molar-refractivity contribution in [3.63, 3.8) is 0 Å². The minimum atomic E-state index is -0.922. The zero-order chi connectivity index (χ0) is 26.9. The smallest absolute Gasteiger partial charge is 0.308 e. The molecule has 12 heteroatoms. The Kier molecular flexibility index (Phi) is 7.98. The Bertz CT molecular complexity index is 1370. The van der Waals surface area contributed by atoms with Crippen molar-refractivity contribution in [2.24, 2.45) is 0 Å². The number of carbonyl (C=O) groups is 3. The number of aromatic nitrogens is 2. The van der Waals surface area contributed by atoms with Gasteiger partial charge in [-0.3, -0.25) is 28.5 Å². The van der Waals surface area contributed by atoms with Crippen LogP contribution in [0.2, 0.25) is 0 Å². The van der Waals surface area contributed by atoms with E-state index in [1.165, 1.54) is 10.5 Å². The predicted octanol–water partition coefficient (Wildman–Crippen LogP) is 2.26. The molecule has 2 fully saturated rings. The quantitative estimate of drug-likeness (QED) is 0.319. The van der Waals surface area contributed by atoms with Crippen molar-refractivity contribution in [1.29, 1.82) is 0 Å². The fraction of sp³-hybridized carbons (Fsp3) is 0.440. The highest BCUT2D eigenvalue weighted by Crippen LogP contribution is 2.35. The van der Waals surface area contributed by atoms with Gasteiger partial charge in [-0.15, -0.1) is 0 Å². The summed E-state index contributed by atoms with van der Waals surface area (Å²) in [5.41, 5.74) is 1.00. The molecule has 0 spiro atoms. The van der Waals surface area contributed by atoms with Gasteiger partial charge < -0.3 is 15.0 Å². The molecule has 1 N–H and O–H groups in total. The summed E-state index contributed by atoms with van der Waals surface area (Å²) in [5, 5.41) is 2.77. The van der Waals surface area contributed by atoms with Crippen LogP contribution in [0.3, 0.4) is 0 Å². The van der Waals surface area contributed by atoms with Gasteiger partial charge in [0.25, 0.3) is 11.5 Å². The minimum Gasteiger partial charge on any atom is -0.466 e. The van der Waals surface area contributed by atoms with Crippen LogP contribution in [0.25, 0.3) is 11.7 Å². The summed E-state index contributed by atoms with van der Waals surface area (Å²) in [5.74, 6) is -0.937. The number of thiocarbonyl (C=S) groups is 1. The maximum Gasteiger partial charge on any atom is 0.308 e. The number of hydrogen-bond acceptors (Lipinski definition) is 9. The van der Waals surface area contributed by atoms with Crippen molar-refractivity contribution >= 4 is 63.6 Å². The molecule has 2 aliphatic rings. The molecule has 2 aromatic rings. The molecule has 0 saturated carbocycles. The normalized spacial score (nSPS) is 20.1. The molecule has 0 aliphatic carbocycles. The summed E-state index contributed by atoms with van der Waals surface area (Å²) < 4.78 is 6.93. The molecule has 4 rings (SSSR count). The first-order valence-corrected chi connectivity index (χ1v) is 13.4. The second-order valence-corrected chi connectivity index (χ2v) is 10.6. The van der Waals surface area contributed by atoms with Gasteiger partial charge in [-0.2, -0.15) is 0 Å². The number of ether oxygens (including phenoxy) is 1. The Morgan fingerprint density at radius 3 is 2.78 bits per heavy atom. The number of pyridine rings is 1. The van der Waals surface area contributed by atoms with E-state index in [9.17, 15) is 19.2 Å². The Morgan fingerprint density at radius 1 is 1.32 bits per heavy atom. The molecule has 0 bridgehead atoms. The van der Waals surface area contributed by atoms with Gasteiger partial charge in [0.05, 0.1) is 23.5 Å². The van der Waals surface area contributed by atoms with Crippen LogP contribution in [0.15, 0.2) is 28.0 Å². The van der Waals surface area contributed by atoms with E-state index >= 15 is 0 Å². The number of carbonyl (C=O) groups excluding carboxylic acids is 3. The third-order valence-corrected chi connectivity index (χ3v) is 7.71. The van der Waals surface area contributed by atoms with Gasteiger partial charge in [-0.25, -0.2) is 4.98 Å². The van der Waals surface area contributed by atoms with E-state index < -0.39 is 17.6 Å². The zero-order valence-electron chi connectivity index (χ0n) is 21.1. The van der Waals surface area contributed by atoms with E-state index in [-0.39, 0.29) is 42.3 Å². The lowest BCUT2D eigenvalue weighted by molar-refractivity contribution is -0.145. The molecule has 2 aromatic heterocycles. The molecule has 2 amide bonds. The van der Waals surface area contributed by atoms with Crippen molar-refractivity contribution < 1.29 is 19.1 Å². The standard InChI is InChI=1S/C25H29N5O5S2/c1-5-15(4)30-24(34)18(37-25(30)36)11-16-21(27-19-8-7-14(3)13-29(19)23(16)33)28-10-9-26-22(32)17(28)12-20(31)35-6-2/h7-8,11,13,15,17H,5-6,9-10,12H2,1-4H3,(H,26,32)/b18-11-. The van der Waals surface area contributed by atoms with E-state index in [0.717, 1.165) is 23.7 Å². The number of nitrogens with one attached hydrogen (secondary N) is 1. The Labute approximate surface area is 224 Å². The summed E-state index contributed by atoms with van der Waals surface area (Å²) in [7, 11) is 0. The third-order valence-electron chi connectivity index (χ3n) is 6.38. The molecule has 37 heavy (non-hydrogen) atoms. The second-order valence-electron chi connectivity index (χ2n) is 8.91. The van der Waals surface area contributed by atoms with Crippen LogP contribution in [0, 0.1) is 6.92 Å². The van der Waals surface area contributed by atoms with Gasteiger partial charge >= 0.3 is 5.97 Å². The number of thioether (sulfide) groups is 1. The largest absolute Gasteiger partial charge is 0.466 e. The predicted molar refractivity (Wildman–Crippen MR) is 146 cm³/mol. The highest BCUT2D eigenvalue weighted by molar-refractivity contribution is 8.26. The molecule has 4 heterocycles. The van der Waals surface area contributed by atoms with Crippen LogP contribution in [0.1, 0.15) is 44.7 Å².